The van der Waals surface area contributed by atoms with Gasteiger partial charge in [-0.3, -0.25) is 4.72 Å². The van der Waals surface area contributed by atoms with Gasteiger partial charge >= 0.3 is 0 Å². The second-order valence-corrected chi connectivity index (χ2v) is 7.44. The highest BCUT2D eigenvalue weighted by molar-refractivity contribution is 7.92. The Morgan fingerprint density at radius 2 is 2.17 bits per heavy atom. The number of nitrogens with one attached hydrogen (secondary N) is 2. The number of alkyl halides is 2. The first-order valence-corrected chi connectivity index (χ1v) is 8.97. The number of thiazole rings is 1. The summed E-state index contributed by atoms with van der Waals surface area (Å²) in [5.41, 5.74) is 1.85. The Kier molecular flexibility index (Phi) is 3.98. The van der Waals surface area contributed by atoms with Gasteiger partial charge in [-0.05, 0) is 18.6 Å². The first-order valence-electron chi connectivity index (χ1n) is 6.60. The smallest absolute Gasteiger partial charge is 0.289 e. The summed E-state index contributed by atoms with van der Waals surface area (Å²) in [4.78, 5) is 6.31. The maximum Gasteiger partial charge on any atom is 0.289 e. The lowest BCUT2D eigenvalue weighted by Crippen LogP contribution is -2.14. The Balaban J connectivity index is 2.04. The summed E-state index contributed by atoms with van der Waals surface area (Å²) >= 11 is 0.578. The van der Waals surface area contributed by atoms with Gasteiger partial charge < -0.3 is 4.98 Å². The number of nitrogens with zero attached hydrogens (tertiary/aromatic N) is 2. The molecule has 0 bridgehead atoms. The third-order valence-electron chi connectivity index (χ3n) is 3.37. The zero-order valence-corrected chi connectivity index (χ0v) is 13.8. The second kappa shape index (κ2) is 5.85. The summed E-state index contributed by atoms with van der Waals surface area (Å²) in [5.74, 6) is 0. The van der Waals surface area contributed by atoms with Crippen LogP contribution in [0.15, 0.2) is 28.7 Å². The molecular weight excluding hydrogens is 358 g/mol. The molecule has 0 aliphatic carbocycles. The van der Waals surface area contributed by atoms with Crippen molar-refractivity contribution in [3.05, 3.63) is 39.8 Å². The number of fused-ring (bicyclic) bond motifs is 1. The van der Waals surface area contributed by atoms with Crippen LogP contribution in [0.3, 0.4) is 0 Å². The van der Waals surface area contributed by atoms with E-state index in [1.165, 1.54) is 12.3 Å². The molecular formula is C14H10F2N4O2S2. The molecule has 0 fully saturated rings. The van der Waals surface area contributed by atoms with Gasteiger partial charge in [0.2, 0.25) is 0 Å². The van der Waals surface area contributed by atoms with E-state index < -0.39 is 26.5 Å². The second-order valence-electron chi connectivity index (χ2n) is 4.92. The lowest BCUT2D eigenvalue weighted by Gasteiger charge is -2.08. The van der Waals surface area contributed by atoms with Crippen molar-refractivity contribution in [3.63, 3.8) is 0 Å². The molecule has 2 N–H and O–H groups in total. The molecule has 0 atom stereocenters. The highest BCUT2D eigenvalue weighted by atomic mass is 32.2. The summed E-state index contributed by atoms with van der Waals surface area (Å²) in [5, 5.41) is 9.75. The number of halogens is 2. The number of hydrogen-bond acceptors (Lipinski definition) is 5. The molecule has 24 heavy (non-hydrogen) atoms. The molecule has 0 amide bonds. The molecule has 0 saturated carbocycles. The molecule has 0 radical (unpaired) electrons. The van der Waals surface area contributed by atoms with E-state index in [2.05, 4.69) is 14.7 Å². The SMILES string of the molecule is Cc1ccc(NS(=O)(=O)c2csc(C(F)F)n2)c2[nH]cc(C#N)c12. The van der Waals surface area contributed by atoms with Crippen LogP contribution < -0.4 is 4.72 Å². The van der Waals surface area contributed by atoms with Gasteiger partial charge in [0.15, 0.2) is 10.0 Å². The Morgan fingerprint density at radius 3 is 2.79 bits per heavy atom. The van der Waals surface area contributed by atoms with Crippen molar-refractivity contribution in [1.82, 2.24) is 9.97 Å². The molecule has 0 aliphatic rings. The van der Waals surface area contributed by atoms with E-state index in [4.69, 9.17) is 5.26 Å². The van der Waals surface area contributed by atoms with E-state index >= 15 is 0 Å². The summed E-state index contributed by atoms with van der Waals surface area (Å²) in [6.07, 6.45) is -1.35. The number of aryl methyl sites for hydroxylation is 1. The Hall–Kier alpha value is -2.51. The van der Waals surface area contributed by atoms with Crippen LogP contribution in [0.1, 0.15) is 22.6 Å². The average Bonchev–Trinajstić information content (AvgIpc) is 3.17. The van der Waals surface area contributed by atoms with E-state index in [-0.39, 0.29) is 5.69 Å². The molecule has 1 aromatic carbocycles. The van der Waals surface area contributed by atoms with Gasteiger partial charge in [-0.2, -0.15) is 13.7 Å². The molecule has 0 aliphatic heterocycles. The van der Waals surface area contributed by atoms with E-state index in [1.807, 2.05) is 6.07 Å². The lowest BCUT2D eigenvalue weighted by atomic mass is 10.1. The van der Waals surface area contributed by atoms with Crippen molar-refractivity contribution in [1.29, 1.82) is 5.26 Å². The number of H-pyrrole nitrogens is 1. The molecule has 2 aromatic heterocycles. The number of hydrogen-bond donors (Lipinski definition) is 2. The molecule has 3 rings (SSSR count). The molecule has 6 nitrogen and oxygen atoms in total. The average molecular weight is 368 g/mol. The number of anilines is 1. The maximum absolute atomic E-state index is 12.6. The largest absolute Gasteiger partial charge is 0.358 e. The summed E-state index contributed by atoms with van der Waals surface area (Å²) in [7, 11) is -4.11. The van der Waals surface area contributed by atoms with E-state index in [0.29, 0.717) is 27.8 Å². The molecule has 2 heterocycles. The van der Waals surface area contributed by atoms with Crippen molar-refractivity contribution >= 4 is 38.0 Å². The minimum atomic E-state index is -4.11. The van der Waals surface area contributed by atoms with Crippen LogP contribution in [-0.2, 0) is 10.0 Å². The van der Waals surface area contributed by atoms with Gasteiger partial charge in [0.25, 0.3) is 16.4 Å². The Labute approximate surface area is 139 Å². The molecule has 10 heteroatoms. The topological polar surface area (TPSA) is 98.6 Å². The van der Waals surface area contributed by atoms with Gasteiger partial charge in [-0.15, -0.1) is 11.3 Å². The van der Waals surface area contributed by atoms with Gasteiger partial charge in [-0.1, -0.05) is 6.07 Å². The quantitative estimate of drug-likeness (QED) is 0.736. The summed E-state index contributed by atoms with van der Waals surface area (Å²) < 4.78 is 52.2. The molecule has 0 unspecified atom stereocenters. The van der Waals surface area contributed by atoms with E-state index in [1.54, 1.807) is 13.0 Å². The Morgan fingerprint density at radius 1 is 1.42 bits per heavy atom. The third kappa shape index (κ3) is 2.72. The highest BCUT2D eigenvalue weighted by Gasteiger charge is 2.23. The van der Waals surface area contributed by atoms with E-state index in [0.717, 1.165) is 10.9 Å². The van der Waals surface area contributed by atoms with Crippen molar-refractivity contribution in [2.24, 2.45) is 0 Å². The first kappa shape index (κ1) is 16.4. The van der Waals surface area contributed by atoms with Gasteiger partial charge in [0.1, 0.15) is 6.07 Å². The van der Waals surface area contributed by atoms with Gasteiger partial charge in [0.05, 0.1) is 16.8 Å². The fourth-order valence-corrected chi connectivity index (χ4v) is 4.31. The van der Waals surface area contributed by atoms with E-state index in [9.17, 15) is 17.2 Å². The van der Waals surface area contributed by atoms with Crippen molar-refractivity contribution in [2.45, 2.75) is 18.4 Å². The van der Waals surface area contributed by atoms with Crippen LogP contribution in [0.25, 0.3) is 10.9 Å². The zero-order chi connectivity index (χ0) is 17.5. The zero-order valence-electron chi connectivity index (χ0n) is 12.2. The maximum atomic E-state index is 12.6. The molecule has 124 valence electrons. The van der Waals surface area contributed by atoms with Crippen LogP contribution >= 0.6 is 11.3 Å². The monoisotopic (exact) mass is 368 g/mol. The van der Waals surface area contributed by atoms with Crippen LogP contribution in [0.4, 0.5) is 14.5 Å². The number of aromatic nitrogens is 2. The Bertz CT molecular complexity index is 1060. The van der Waals surface area contributed by atoms with Crippen LogP contribution in [0.2, 0.25) is 0 Å². The van der Waals surface area contributed by atoms with Crippen LogP contribution in [0.5, 0.6) is 0 Å². The highest BCUT2D eigenvalue weighted by Crippen LogP contribution is 2.31. The van der Waals surface area contributed by atoms with Crippen LogP contribution in [0, 0.1) is 18.3 Å². The van der Waals surface area contributed by atoms with Crippen LogP contribution in [-0.4, -0.2) is 18.4 Å². The van der Waals surface area contributed by atoms with Gasteiger partial charge in [0, 0.05) is 17.0 Å². The predicted molar refractivity (Wildman–Crippen MR) is 85.6 cm³/mol. The standard InChI is InChI=1S/C14H10F2N4O2S2/c1-7-2-3-9(12-11(7)8(4-17)5-18-12)20-24(21,22)10-6-23-14(19-10)13(15)16/h2-3,5-6,13,18,20H,1H3. The fraction of sp³-hybridized carbons (Fsp3) is 0.143. The molecule has 3 aromatic rings. The normalized spacial score (nSPS) is 11.8. The molecule has 0 spiro atoms. The summed E-state index contributed by atoms with van der Waals surface area (Å²) in [6, 6.07) is 5.23. The molecule has 0 saturated heterocycles. The van der Waals surface area contributed by atoms with Crippen molar-refractivity contribution in [3.8, 4) is 6.07 Å². The number of benzene rings is 1. The summed E-state index contributed by atoms with van der Waals surface area (Å²) in [6.45, 7) is 1.80. The lowest BCUT2D eigenvalue weighted by molar-refractivity contribution is 0.150. The minimum absolute atomic E-state index is 0.212. The number of nitriles is 1. The number of rotatable bonds is 4. The number of sulfonamides is 1. The fourth-order valence-electron chi connectivity index (χ4n) is 2.29. The van der Waals surface area contributed by atoms with Gasteiger partial charge in [-0.25, -0.2) is 13.8 Å². The van der Waals surface area contributed by atoms with Crippen molar-refractivity contribution in [2.75, 3.05) is 4.72 Å². The minimum Gasteiger partial charge on any atom is -0.358 e. The first-order chi connectivity index (χ1) is 11.3. The third-order valence-corrected chi connectivity index (χ3v) is 5.62. The predicted octanol–water partition coefficient (Wildman–Crippen LogP) is 3.54. The van der Waals surface area contributed by atoms with Crippen molar-refractivity contribution < 1.29 is 17.2 Å². The number of aromatic amines is 1.